The Morgan fingerprint density at radius 3 is 2.36 bits per heavy atom. The number of hydrogen-bond donors (Lipinski definition) is 0. The molecule has 6 nitrogen and oxygen atoms in total. The summed E-state index contributed by atoms with van der Waals surface area (Å²) in [6, 6.07) is 9.11. The molecule has 1 atom stereocenters. The molecule has 2 aromatic carbocycles. The number of rotatable bonds is 4. The van der Waals surface area contributed by atoms with E-state index in [9.17, 15) is 4.79 Å². The number of benzene rings is 2. The topological polar surface area (TPSA) is 63.2 Å². The number of para-hydroxylation sites is 1. The van der Waals surface area contributed by atoms with Crippen LogP contribution >= 0.6 is 0 Å². The molecular formula is C19H20O6. The molecule has 0 fully saturated rings. The van der Waals surface area contributed by atoms with Gasteiger partial charge in [-0.25, -0.2) is 0 Å². The van der Waals surface area contributed by atoms with Gasteiger partial charge in [0.25, 0.3) is 0 Å². The lowest BCUT2D eigenvalue weighted by atomic mass is 10.0. The molecule has 0 amide bonds. The van der Waals surface area contributed by atoms with Crippen molar-refractivity contribution in [1.29, 1.82) is 0 Å². The van der Waals surface area contributed by atoms with Crippen molar-refractivity contribution in [3.8, 4) is 28.7 Å². The van der Waals surface area contributed by atoms with Crippen LogP contribution < -0.4 is 18.9 Å². The van der Waals surface area contributed by atoms with E-state index in [2.05, 4.69) is 0 Å². The highest BCUT2D eigenvalue weighted by Gasteiger charge is 2.29. The van der Waals surface area contributed by atoms with Crippen LogP contribution in [0.25, 0.3) is 0 Å². The lowest BCUT2D eigenvalue weighted by Crippen LogP contribution is -2.11. The fraction of sp³-hybridized carbons (Fsp3) is 0.316. The first kappa shape index (κ1) is 17.0. The lowest BCUT2D eigenvalue weighted by molar-refractivity contribution is -0.146. The van der Waals surface area contributed by atoms with Crippen LogP contribution in [0.4, 0.5) is 0 Å². The number of hydrogen-bond acceptors (Lipinski definition) is 6. The van der Waals surface area contributed by atoms with Crippen LogP contribution in [0.15, 0.2) is 30.3 Å². The first-order valence-corrected chi connectivity index (χ1v) is 7.84. The van der Waals surface area contributed by atoms with Gasteiger partial charge < -0.3 is 23.7 Å². The van der Waals surface area contributed by atoms with Gasteiger partial charge >= 0.3 is 5.97 Å². The largest absolute Gasteiger partial charge is 0.493 e. The molecule has 25 heavy (non-hydrogen) atoms. The van der Waals surface area contributed by atoms with E-state index in [-0.39, 0.29) is 5.97 Å². The Hall–Kier alpha value is -2.89. The zero-order valence-corrected chi connectivity index (χ0v) is 14.6. The number of methoxy groups -OCH3 is 3. The molecule has 3 rings (SSSR count). The normalized spacial score (nSPS) is 15.1. The average molecular weight is 344 g/mol. The predicted molar refractivity (Wildman–Crippen MR) is 90.8 cm³/mol. The number of esters is 1. The smallest absolute Gasteiger partial charge is 0.303 e. The second-order valence-electron chi connectivity index (χ2n) is 5.60. The van der Waals surface area contributed by atoms with Crippen molar-refractivity contribution < 1.29 is 28.5 Å². The lowest BCUT2D eigenvalue weighted by Gasteiger charge is -2.18. The Morgan fingerprint density at radius 1 is 1.04 bits per heavy atom. The minimum Gasteiger partial charge on any atom is -0.493 e. The average Bonchev–Trinajstić information content (AvgIpc) is 2.75. The third kappa shape index (κ3) is 3.20. The van der Waals surface area contributed by atoms with Gasteiger partial charge in [0.1, 0.15) is 11.9 Å². The molecule has 0 N–H and O–H groups in total. The van der Waals surface area contributed by atoms with Crippen LogP contribution in [-0.2, 0) is 16.0 Å². The minimum absolute atomic E-state index is 0.359. The summed E-state index contributed by atoms with van der Waals surface area (Å²) in [6.07, 6.45) is -0.0305. The maximum atomic E-state index is 11.6. The molecule has 1 aliphatic rings. The Balaban J connectivity index is 2.17. The molecule has 1 heterocycles. The molecule has 0 saturated heterocycles. The van der Waals surface area contributed by atoms with Crippen LogP contribution in [0.2, 0.25) is 0 Å². The SMILES string of the molecule is COc1cc2c(cc1OC)Oc1c(OC)cccc1C(OC(C)=O)C2. The molecule has 0 aromatic heterocycles. The summed E-state index contributed by atoms with van der Waals surface area (Å²) in [6.45, 7) is 1.39. The van der Waals surface area contributed by atoms with Gasteiger partial charge in [0.2, 0.25) is 0 Å². The van der Waals surface area contributed by atoms with E-state index < -0.39 is 6.10 Å². The molecule has 132 valence electrons. The quantitative estimate of drug-likeness (QED) is 0.789. The maximum absolute atomic E-state index is 11.6. The molecule has 0 spiro atoms. The minimum atomic E-state index is -0.484. The summed E-state index contributed by atoms with van der Waals surface area (Å²) >= 11 is 0. The Bertz CT molecular complexity index is 799. The van der Waals surface area contributed by atoms with E-state index in [0.29, 0.717) is 35.2 Å². The molecule has 2 aromatic rings. The fourth-order valence-electron chi connectivity index (χ4n) is 2.94. The van der Waals surface area contributed by atoms with E-state index in [1.54, 1.807) is 33.5 Å². The van der Waals surface area contributed by atoms with Crippen molar-refractivity contribution in [2.24, 2.45) is 0 Å². The van der Waals surface area contributed by atoms with E-state index in [4.69, 9.17) is 23.7 Å². The van der Waals surface area contributed by atoms with Crippen LogP contribution in [0.3, 0.4) is 0 Å². The number of fused-ring (bicyclic) bond motifs is 2. The zero-order chi connectivity index (χ0) is 18.0. The van der Waals surface area contributed by atoms with Crippen molar-refractivity contribution >= 4 is 5.97 Å². The summed E-state index contributed by atoms with van der Waals surface area (Å²) in [5, 5.41) is 0. The van der Waals surface area contributed by atoms with Gasteiger partial charge in [0, 0.05) is 30.5 Å². The molecule has 6 heteroatoms. The molecular weight excluding hydrogens is 324 g/mol. The summed E-state index contributed by atoms with van der Waals surface area (Å²) in [5.74, 6) is 2.49. The first-order chi connectivity index (χ1) is 12.1. The Kier molecular flexibility index (Phi) is 4.70. The van der Waals surface area contributed by atoms with Crippen molar-refractivity contribution in [2.75, 3.05) is 21.3 Å². The second-order valence-corrected chi connectivity index (χ2v) is 5.60. The fourth-order valence-corrected chi connectivity index (χ4v) is 2.94. The van der Waals surface area contributed by atoms with E-state index >= 15 is 0 Å². The molecule has 0 saturated carbocycles. The summed E-state index contributed by atoms with van der Waals surface area (Å²) in [4.78, 5) is 11.6. The number of carbonyl (C=O) groups excluding carboxylic acids is 1. The van der Waals surface area contributed by atoms with Gasteiger partial charge in [-0.3, -0.25) is 4.79 Å². The monoisotopic (exact) mass is 344 g/mol. The van der Waals surface area contributed by atoms with Crippen LogP contribution in [0.5, 0.6) is 28.7 Å². The van der Waals surface area contributed by atoms with Crippen LogP contribution in [-0.4, -0.2) is 27.3 Å². The highest BCUT2D eigenvalue weighted by atomic mass is 16.5. The Morgan fingerprint density at radius 2 is 1.72 bits per heavy atom. The van der Waals surface area contributed by atoms with Crippen molar-refractivity contribution in [3.05, 3.63) is 41.5 Å². The van der Waals surface area contributed by atoms with Crippen molar-refractivity contribution in [1.82, 2.24) is 0 Å². The highest BCUT2D eigenvalue weighted by molar-refractivity contribution is 5.67. The van der Waals surface area contributed by atoms with Gasteiger partial charge in [0.05, 0.1) is 21.3 Å². The maximum Gasteiger partial charge on any atom is 0.303 e. The molecule has 0 bridgehead atoms. The van der Waals surface area contributed by atoms with E-state index in [1.165, 1.54) is 6.92 Å². The summed E-state index contributed by atoms with van der Waals surface area (Å²) in [7, 11) is 4.71. The number of ether oxygens (including phenoxy) is 5. The van der Waals surface area contributed by atoms with E-state index in [0.717, 1.165) is 11.1 Å². The van der Waals surface area contributed by atoms with Crippen molar-refractivity contribution in [2.45, 2.75) is 19.4 Å². The first-order valence-electron chi connectivity index (χ1n) is 7.84. The van der Waals surface area contributed by atoms with Gasteiger partial charge in [0.15, 0.2) is 23.0 Å². The highest BCUT2D eigenvalue weighted by Crippen LogP contribution is 2.47. The zero-order valence-electron chi connectivity index (χ0n) is 14.6. The van der Waals surface area contributed by atoms with Gasteiger partial charge in [-0.05, 0) is 12.1 Å². The molecule has 0 radical (unpaired) electrons. The number of carbonyl (C=O) groups is 1. The van der Waals surface area contributed by atoms with Crippen LogP contribution in [0, 0.1) is 0 Å². The molecule has 0 aliphatic carbocycles. The molecule has 1 unspecified atom stereocenters. The van der Waals surface area contributed by atoms with Crippen LogP contribution in [0.1, 0.15) is 24.2 Å². The standard InChI is InChI=1S/C19H20O6/c1-11(20)24-16-8-12-9-17(22-3)18(23-4)10-15(12)25-19-13(16)6-5-7-14(19)21-2/h5-7,9-10,16H,8H2,1-4H3. The Labute approximate surface area is 146 Å². The van der Waals surface area contributed by atoms with Gasteiger partial charge in [-0.2, -0.15) is 0 Å². The predicted octanol–water partition coefficient (Wildman–Crippen LogP) is 3.67. The summed E-state index contributed by atoms with van der Waals surface area (Å²) in [5.41, 5.74) is 1.60. The third-order valence-corrected chi connectivity index (χ3v) is 4.07. The third-order valence-electron chi connectivity index (χ3n) is 4.07. The van der Waals surface area contributed by atoms with Gasteiger partial charge in [-0.15, -0.1) is 0 Å². The summed E-state index contributed by atoms with van der Waals surface area (Å²) < 4.78 is 27.8. The second kappa shape index (κ2) is 6.93. The van der Waals surface area contributed by atoms with Crippen molar-refractivity contribution in [3.63, 3.8) is 0 Å². The van der Waals surface area contributed by atoms with E-state index in [1.807, 2.05) is 18.2 Å². The molecule has 1 aliphatic heterocycles. The van der Waals surface area contributed by atoms with Gasteiger partial charge in [-0.1, -0.05) is 12.1 Å².